The Hall–Kier alpha value is -2.68. The van der Waals surface area contributed by atoms with Crippen LogP contribution in [0.4, 0.5) is 5.69 Å². The summed E-state index contributed by atoms with van der Waals surface area (Å²) in [6, 6.07) is 16.5. The van der Waals surface area contributed by atoms with Crippen molar-refractivity contribution in [3.8, 4) is 0 Å². The Morgan fingerprint density at radius 2 is 1.81 bits per heavy atom. The summed E-state index contributed by atoms with van der Waals surface area (Å²) in [5.41, 5.74) is 7.10. The second-order valence-electron chi connectivity index (χ2n) is 7.77. The minimum absolute atomic E-state index is 0.110. The summed E-state index contributed by atoms with van der Waals surface area (Å²) in [6.45, 7) is 0.824. The van der Waals surface area contributed by atoms with E-state index in [0.717, 1.165) is 43.3 Å². The second kappa shape index (κ2) is 6.80. The maximum atomic E-state index is 12.6. The van der Waals surface area contributed by atoms with E-state index in [0.29, 0.717) is 5.78 Å². The Balaban J connectivity index is 1.37. The van der Waals surface area contributed by atoms with Gasteiger partial charge in [0, 0.05) is 34.8 Å². The molecule has 1 N–H and O–H groups in total. The first-order valence-electron chi connectivity index (χ1n) is 10.1. The molecule has 3 nitrogen and oxygen atoms in total. The molecule has 3 aromatic rings. The summed E-state index contributed by atoms with van der Waals surface area (Å²) in [6.07, 6.45) is 6.39. The van der Waals surface area contributed by atoms with Crippen LogP contribution >= 0.6 is 0 Å². The number of carbonyl (C=O) groups excluding carboxylic acids is 1. The van der Waals surface area contributed by atoms with Gasteiger partial charge in [0.2, 0.25) is 0 Å². The summed E-state index contributed by atoms with van der Waals surface area (Å²) in [5, 5.41) is 4.91. The molecule has 1 unspecified atom stereocenters. The fourth-order valence-corrected chi connectivity index (χ4v) is 4.70. The first-order valence-corrected chi connectivity index (χ1v) is 10.1. The van der Waals surface area contributed by atoms with Crippen molar-refractivity contribution in [3.63, 3.8) is 0 Å². The van der Waals surface area contributed by atoms with Gasteiger partial charge in [-0.15, -0.1) is 0 Å². The van der Waals surface area contributed by atoms with Crippen molar-refractivity contribution in [3.05, 3.63) is 70.9 Å². The summed E-state index contributed by atoms with van der Waals surface area (Å²) in [5.74, 6) is 0.424. The van der Waals surface area contributed by atoms with E-state index in [9.17, 15) is 4.79 Å². The quantitative estimate of drug-likeness (QED) is 0.717. The highest BCUT2D eigenvalue weighted by molar-refractivity contribution is 6.02. The topological polar surface area (TPSA) is 42.0 Å². The molecule has 0 aliphatic heterocycles. The molecule has 0 bridgehead atoms. The summed E-state index contributed by atoms with van der Waals surface area (Å²) in [4.78, 5) is 17.6. The van der Waals surface area contributed by atoms with E-state index in [-0.39, 0.29) is 5.92 Å². The number of hydrogen-bond acceptors (Lipinski definition) is 3. The molecule has 0 fully saturated rings. The molecule has 0 saturated heterocycles. The van der Waals surface area contributed by atoms with Crippen LogP contribution in [0.2, 0.25) is 0 Å². The van der Waals surface area contributed by atoms with E-state index in [1.807, 2.05) is 18.2 Å². The highest BCUT2D eigenvalue weighted by Gasteiger charge is 2.29. The lowest BCUT2D eigenvalue weighted by atomic mass is 9.92. The van der Waals surface area contributed by atoms with Crippen LogP contribution < -0.4 is 5.32 Å². The van der Waals surface area contributed by atoms with Crippen molar-refractivity contribution >= 4 is 22.4 Å². The zero-order chi connectivity index (χ0) is 18.2. The van der Waals surface area contributed by atoms with Crippen LogP contribution in [0, 0.1) is 5.92 Å². The minimum atomic E-state index is 0.110. The van der Waals surface area contributed by atoms with Gasteiger partial charge in [0.25, 0.3) is 0 Å². The van der Waals surface area contributed by atoms with Crippen LogP contribution in [-0.2, 0) is 19.3 Å². The third-order valence-corrected chi connectivity index (χ3v) is 6.08. The Kier molecular flexibility index (Phi) is 4.16. The molecule has 136 valence electrons. The number of carbonyl (C=O) groups is 1. The maximum absolute atomic E-state index is 12.6. The number of fused-ring (bicyclic) bond motifs is 3. The lowest BCUT2D eigenvalue weighted by Gasteiger charge is -2.22. The lowest BCUT2D eigenvalue weighted by Crippen LogP contribution is -2.17. The number of aromatic nitrogens is 1. The molecule has 1 heterocycles. The smallest absolute Gasteiger partial charge is 0.166 e. The number of aryl methyl sites for hydroxylation is 1. The van der Waals surface area contributed by atoms with Crippen molar-refractivity contribution < 1.29 is 4.79 Å². The number of pyridine rings is 1. The molecule has 2 aliphatic rings. The SMILES string of the molecule is O=C1c2ccccc2CC1CCNc1c2c(nc3ccccc13)CCCC2. The van der Waals surface area contributed by atoms with Crippen LogP contribution in [-0.4, -0.2) is 17.3 Å². The molecule has 1 aromatic heterocycles. The lowest BCUT2D eigenvalue weighted by molar-refractivity contribution is 0.0933. The summed E-state index contributed by atoms with van der Waals surface area (Å²) >= 11 is 0. The number of para-hydroxylation sites is 1. The van der Waals surface area contributed by atoms with Gasteiger partial charge in [-0.2, -0.15) is 0 Å². The van der Waals surface area contributed by atoms with E-state index >= 15 is 0 Å². The third-order valence-electron chi connectivity index (χ3n) is 6.08. The molecule has 27 heavy (non-hydrogen) atoms. The van der Waals surface area contributed by atoms with Gasteiger partial charge in [-0.25, -0.2) is 0 Å². The van der Waals surface area contributed by atoms with Crippen molar-refractivity contribution in [2.24, 2.45) is 5.92 Å². The van der Waals surface area contributed by atoms with Gasteiger partial charge in [0.1, 0.15) is 0 Å². The molecule has 1 atom stereocenters. The van der Waals surface area contributed by atoms with Crippen molar-refractivity contribution in [2.45, 2.75) is 38.5 Å². The van der Waals surface area contributed by atoms with Crippen LogP contribution in [0.3, 0.4) is 0 Å². The van der Waals surface area contributed by atoms with E-state index in [1.54, 1.807) is 0 Å². The molecule has 2 aromatic carbocycles. The highest BCUT2D eigenvalue weighted by atomic mass is 16.1. The van der Waals surface area contributed by atoms with E-state index < -0.39 is 0 Å². The Bertz CT molecular complexity index is 1020. The number of Topliss-reactive ketones (excluding diaryl/α,β-unsaturated/α-hetero) is 1. The Labute approximate surface area is 159 Å². The molecular formula is C24H24N2O. The Morgan fingerprint density at radius 3 is 2.74 bits per heavy atom. The largest absolute Gasteiger partial charge is 0.384 e. The summed E-state index contributed by atoms with van der Waals surface area (Å²) in [7, 11) is 0. The van der Waals surface area contributed by atoms with Gasteiger partial charge in [0.05, 0.1) is 5.52 Å². The van der Waals surface area contributed by atoms with Crippen LogP contribution in [0.1, 0.15) is 46.4 Å². The van der Waals surface area contributed by atoms with E-state index in [4.69, 9.17) is 4.98 Å². The van der Waals surface area contributed by atoms with Crippen LogP contribution in [0.15, 0.2) is 48.5 Å². The summed E-state index contributed by atoms with van der Waals surface area (Å²) < 4.78 is 0. The predicted molar refractivity (Wildman–Crippen MR) is 109 cm³/mol. The normalized spacial score (nSPS) is 18.4. The third kappa shape index (κ3) is 2.91. The number of nitrogens with one attached hydrogen (secondary N) is 1. The maximum Gasteiger partial charge on any atom is 0.166 e. The standard InChI is InChI=1S/C24H24N2O/c27-24-17(15-16-7-1-2-8-18(16)24)13-14-25-23-19-9-3-5-11-21(19)26-22-12-6-4-10-20(22)23/h1-3,5,7-9,11,17H,4,6,10,12-15H2,(H,25,26). The first-order chi connectivity index (χ1) is 13.3. The van der Waals surface area contributed by atoms with Gasteiger partial charge >= 0.3 is 0 Å². The highest BCUT2D eigenvalue weighted by Crippen LogP contribution is 2.34. The van der Waals surface area contributed by atoms with Gasteiger partial charge in [-0.1, -0.05) is 42.5 Å². The molecule has 0 spiro atoms. The number of anilines is 1. The monoisotopic (exact) mass is 356 g/mol. The molecule has 0 radical (unpaired) electrons. The molecule has 0 saturated carbocycles. The fraction of sp³-hybridized carbons (Fsp3) is 0.333. The van der Waals surface area contributed by atoms with Gasteiger partial charge in [-0.05, 0) is 55.7 Å². The van der Waals surface area contributed by atoms with Crippen molar-refractivity contribution in [1.29, 1.82) is 0 Å². The molecular weight excluding hydrogens is 332 g/mol. The van der Waals surface area contributed by atoms with Crippen LogP contribution in [0.5, 0.6) is 0 Å². The average Bonchev–Trinajstić information content (AvgIpc) is 3.03. The number of rotatable bonds is 4. The number of ketones is 1. The molecule has 2 aliphatic carbocycles. The second-order valence-corrected chi connectivity index (χ2v) is 7.77. The molecule has 0 amide bonds. The molecule has 5 rings (SSSR count). The Morgan fingerprint density at radius 1 is 1.00 bits per heavy atom. The fourth-order valence-electron chi connectivity index (χ4n) is 4.70. The van der Waals surface area contributed by atoms with Gasteiger partial charge < -0.3 is 5.32 Å². The number of benzene rings is 2. The zero-order valence-corrected chi connectivity index (χ0v) is 15.5. The van der Waals surface area contributed by atoms with E-state index in [2.05, 4.69) is 35.6 Å². The van der Waals surface area contributed by atoms with Crippen LogP contribution in [0.25, 0.3) is 10.9 Å². The van der Waals surface area contributed by atoms with Gasteiger partial charge in [-0.3, -0.25) is 9.78 Å². The first kappa shape index (κ1) is 16.5. The number of hydrogen-bond donors (Lipinski definition) is 1. The minimum Gasteiger partial charge on any atom is -0.384 e. The number of nitrogens with zero attached hydrogens (tertiary/aromatic N) is 1. The molecule has 3 heteroatoms. The predicted octanol–water partition coefficient (Wildman–Crippen LogP) is 4.97. The van der Waals surface area contributed by atoms with Crippen molar-refractivity contribution in [2.75, 3.05) is 11.9 Å². The van der Waals surface area contributed by atoms with Crippen molar-refractivity contribution in [1.82, 2.24) is 4.98 Å². The average molecular weight is 356 g/mol. The van der Waals surface area contributed by atoms with E-state index in [1.165, 1.54) is 40.7 Å². The van der Waals surface area contributed by atoms with Gasteiger partial charge in [0.15, 0.2) is 5.78 Å². The zero-order valence-electron chi connectivity index (χ0n) is 15.5.